The van der Waals surface area contributed by atoms with E-state index in [0.717, 1.165) is 30.8 Å². The van der Waals surface area contributed by atoms with Crippen LogP contribution in [0.4, 0.5) is 4.79 Å². The Labute approximate surface area is 119 Å². The molecule has 1 heterocycles. The zero-order valence-corrected chi connectivity index (χ0v) is 12.9. The molecule has 2 amide bonds. The fourth-order valence-electron chi connectivity index (χ4n) is 2.67. The molecular formula is C12H22N2O3S2. The predicted molar refractivity (Wildman–Crippen MR) is 78.3 cm³/mol. The van der Waals surface area contributed by atoms with Crippen LogP contribution in [0.3, 0.4) is 0 Å². The maximum Gasteiger partial charge on any atom is 0.315 e. The Morgan fingerprint density at radius 1 is 1.26 bits per heavy atom. The Hall–Kier alpha value is -0.430. The highest BCUT2D eigenvalue weighted by Gasteiger charge is 2.41. The highest BCUT2D eigenvalue weighted by atomic mass is 32.2. The average molecular weight is 306 g/mol. The lowest BCUT2D eigenvalue weighted by Gasteiger charge is -2.36. The number of urea groups is 1. The van der Waals surface area contributed by atoms with Gasteiger partial charge in [0.05, 0.1) is 4.75 Å². The molecule has 0 bridgehead atoms. The molecule has 0 aromatic carbocycles. The van der Waals surface area contributed by atoms with Gasteiger partial charge in [0.25, 0.3) is 0 Å². The van der Waals surface area contributed by atoms with E-state index in [2.05, 4.69) is 10.6 Å². The monoisotopic (exact) mass is 306 g/mol. The first-order valence-electron chi connectivity index (χ1n) is 6.75. The third-order valence-electron chi connectivity index (χ3n) is 4.10. The summed E-state index contributed by atoms with van der Waals surface area (Å²) in [6.45, 7) is 0.234. The normalized spacial score (nSPS) is 23.4. The molecule has 2 fully saturated rings. The summed E-state index contributed by atoms with van der Waals surface area (Å²) < 4.78 is 23.3. The van der Waals surface area contributed by atoms with E-state index in [-0.39, 0.29) is 18.6 Å². The molecular weight excluding hydrogens is 284 g/mol. The van der Waals surface area contributed by atoms with Crippen molar-refractivity contribution in [1.82, 2.24) is 10.6 Å². The molecule has 1 aliphatic heterocycles. The standard InChI is InChI=1S/C12H22N2O3S2/c1-19(16,17)12(5-3-2-4-6-12)9-13-11(15)14-10-7-18-8-10/h10H,2-9H2,1H3,(H2,13,14,15). The van der Waals surface area contributed by atoms with Crippen molar-refractivity contribution in [3.63, 3.8) is 0 Å². The van der Waals surface area contributed by atoms with Crippen LogP contribution in [0.1, 0.15) is 32.1 Å². The van der Waals surface area contributed by atoms with Crippen molar-refractivity contribution in [2.45, 2.75) is 42.9 Å². The van der Waals surface area contributed by atoms with Crippen LogP contribution in [-0.2, 0) is 9.84 Å². The third kappa shape index (κ3) is 3.56. The summed E-state index contributed by atoms with van der Waals surface area (Å²) in [7, 11) is -3.15. The largest absolute Gasteiger partial charge is 0.337 e. The molecule has 2 N–H and O–H groups in total. The fraction of sp³-hybridized carbons (Fsp3) is 0.917. The van der Waals surface area contributed by atoms with Gasteiger partial charge in [-0.05, 0) is 12.8 Å². The van der Waals surface area contributed by atoms with Gasteiger partial charge in [0, 0.05) is 30.3 Å². The summed E-state index contributed by atoms with van der Waals surface area (Å²) in [4.78, 5) is 11.7. The smallest absolute Gasteiger partial charge is 0.315 e. The summed E-state index contributed by atoms with van der Waals surface area (Å²) in [6, 6.07) is 0.00411. The molecule has 0 aromatic rings. The minimum absolute atomic E-state index is 0.234. The van der Waals surface area contributed by atoms with Crippen molar-refractivity contribution in [1.29, 1.82) is 0 Å². The number of nitrogens with one attached hydrogen (secondary N) is 2. The summed E-state index contributed by atoms with van der Waals surface area (Å²) in [5, 5.41) is 5.62. The fourth-order valence-corrected chi connectivity index (χ4v) is 4.67. The lowest BCUT2D eigenvalue weighted by molar-refractivity contribution is 0.235. The van der Waals surface area contributed by atoms with E-state index in [4.69, 9.17) is 0 Å². The lowest BCUT2D eigenvalue weighted by Crippen LogP contribution is -2.54. The minimum Gasteiger partial charge on any atom is -0.337 e. The number of rotatable bonds is 4. The van der Waals surface area contributed by atoms with Gasteiger partial charge in [-0.1, -0.05) is 19.3 Å². The molecule has 1 aliphatic carbocycles. The number of hydrogen-bond donors (Lipinski definition) is 2. The molecule has 0 atom stereocenters. The maximum atomic E-state index is 12.0. The van der Waals surface area contributed by atoms with Gasteiger partial charge in [0.1, 0.15) is 0 Å². The van der Waals surface area contributed by atoms with Gasteiger partial charge in [-0.15, -0.1) is 0 Å². The predicted octanol–water partition coefficient (Wildman–Crippen LogP) is 1.15. The zero-order valence-electron chi connectivity index (χ0n) is 11.3. The first kappa shape index (κ1) is 15.0. The second kappa shape index (κ2) is 5.91. The van der Waals surface area contributed by atoms with E-state index in [1.807, 2.05) is 0 Å². The molecule has 0 spiro atoms. The van der Waals surface area contributed by atoms with Gasteiger partial charge in [-0.25, -0.2) is 13.2 Å². The van der Waals surface area contributed by atoms with Crippen LogP contribution < -0.4 is 10.6 Å². The quantitative estimate of drug-likeness (QED) is 0.817. The van der Waals surface area contributed by atoms with E-state index in [1.54, 1.807) is 11.8 Å². The molecule has 7 heteroatoms. The van der Waals surface area contributed by atoms with Gasteiger partial charge < -0.3 is 10.6 Å². The van der Waals surface area contributed by atoms with Crippen molar-refractivity contribution in [3.8, 4) is 0 Å². The Morgan fingerprint density at radius 2 is 1.89 bits per heavy atom. The van der Waals surface area contributed by atoms with Crippen LogP contribution >= 0.6 is 11.8 Å². The third-order valence-corrected chi connectivity index (χ3v) is 7.50. The van der Waals surface area contributed by atoms with Gasteiger partial charge in [0.2, 0.25) is 0 Å². The molecule has 2 rings (SSSR count). The van der Waals surface area contributed by atoms with Crippen molar-refractivity contribution < 1.29 is 13.2 Å². The van der Waals surface area contributed by atoms with Crippen LogP contribution in [0.25, 0.3) is 0 Å². The zero-order chi connectivity index (χ0) is 13.9. The first-order valence-corrected chi connectivity index (χ1v) is 9.79. The SMILES string of the molecule is CS(=O)(=O)C1(CNC(=O)NC2CSC2)CCCCC1. The van der Waals surface area contributed by atoms with Crippen LogP contribution in [0.2, 0.25) is 0 Å². The highest BCUT2D eigenvalue weighted by molar-refractivity contribution is 8.00. The summed E-state index contributed by atoms with van der Waals surface area (Å²) >= 11 is 1.80. The number of sulfone groups is 1. The molecule has 5 nitrogen and oxygen atoms in total. The van der Waals surface area contributed by atoms with Gasteiger partial charge in [-0.3, -0.25) is 0 Å². The van der Waals surface area contributed by atoms with Crippen LogP contribution in [0.5, 0.6) is 0 Å². The van der Waals surface area contributed by atoms with Gasteiger partial charge in [-0.2, -0.15) is 11.8 Å². The van der Waals surface area contributed by atoms with E-state index in [1.165, 1.54) is 6.26 Å². The molecule has 1 saturated heterocycles. The summed E-state index contributed by atoms with van der Waals surface area (Å²) in [6.07, 6.45) is 5.55. The second-order valence-electron chi connectivity index (χ2n) is 5.58. The molecule has 110 valence electrons. The highest BCUT2D eigenvalue weighted by Crippen LogP contribution is 2.34. The second-order valence-corrected chi connectivity index (χ2v) is 9.06. The van der Waals surface area contributed by atoms with Gasteiger partial charge in [0.15, 0.2) is 9.84 Å². The van der Waals surface area contributed by atoms with Crippen LogP contribution in [-0.4, -0.2) is 49.5 Å². The molecule has 1 saturated carbocycles. The number of carbonyl (C=O) groups is 1. The lowest BCUT2D eigenvalue weighted by atomic mass is 9.88. The molecule has 0 aromatic heterocycles. The Morgan fingerprint density at radius 3 is 2.37 bits per heavy atom. The average Bonchev–Trinajstić information content (AvgIpc) is 2.31. The number of amides is 2. The summed E-state index contributed by atoms with van der Waals surface area (Å²) in [5.41, 5.74) is 0. The number of hydrogen-bond acceptors (Lipinski definition) is 4. The topological polar surface area (TPSA) is 75.3 Å². The molecule has 0 unspecified atom stereocenters. The minimum atomic E-state index is -3.15. The van der Waals surface area contributed by atoms with E-state index < -0.39 is 14.6 Å². The van der Waals surface area contributed by atoms with E-state index >= 15 is 0 Å². The van der Waals surface area contributed by atoms with Crippen molar-refractivity contribution in [2.24, 2.45) is 0 Å². The molecule has 0 radical (unpaired) electrons. The molecule has 19 heavy (non-hydrogen) atoms. The van der Waals surface area contributed by atoms with Crippen molar-refractivity contribution >= 4 is 27.6 Å². The number of thioether (sulfide) groups is 1. The number of carbonyl (C=O) groups excluding carboxylic acids is 1. The Balaban J connectivity index is 1.91. The maximum absolute atomic E-state index is 12.0. The Bertz CT molecular complexity index is 426. The van der Waals surface area contributed by atoms with Crippen LogP contribution in [0, 0.1) is 0 Å². The van der Waals surface area contributed by atoms with Gasteiger partial charge >= 0.3 is 6.03 Å². The van der Waals surface area contributed by atoms with E-state index in [9.17, 15) is 13.2 Å². The van der Waals surface area contributed by atoms with E-state index in [0.29, 0.717) is 12.8 Å². The van der Waals surface area contributed by atoms with Crippen LogP contribution in [0.15, 0.2) is 0 Å². The molecule has 2 aliphatic rings. The van der Waals surface area contributed by atoms with Crippen molar-refractivity contribution in [3.05, 3.63) is 0 Å². The summed E-state index contributed by atoms with van der Waals surface area (Å²) in [5.74, 6) is 1.90. The van der Waals surface area contributed by atoms with Crippen molar-refractivity contribution in [2.75, 3.05) is 24.3 Å². The first-order chi connectivity index (χ1) is 8.93. The Kier molecular flexibility index (Phi) is 4.66.